The minimum Gasteiger partial charge on any atom is -0.496 e. The van der Waals surface area contributed by atoms with E-state index in [1.165, 1.54) is 14.0 Å². The second-order valence-corrected chi connectivity index (χ2v) is 2.68. The number of carbonyl (C=O) groups is 1. The van der Waals surface area contributed by atoms with Crippen molar-refractivity contribution in [3.63, 3.8) is 0 Å². The quantitative estimate of drug-likeness (QED) is 0.703. The molecule has 0 N–H and O–H groups in total. The summed E-state index contributed by atoms with van der Waals surface area (Å²) in [7, 11) is 1.32. The Kier molecular flexibility index (Phi) is 3.11. The molecule has 1 heterocycles. The SMILES string of the molecule is COc1c(C=O)cnc(C(F)F)c1C. The number of nitrogens with zero attached hydrogens (tertiary/aromatic N) is 1. The van der Waals surface area contributed by atoms with Crippen molar-refractivity contribution in [2.24, 2.45) is 0 Å². The normalized spacial score (nSPS) is 10.4. The Morgan fingerprint density at radius 1 is 1.57 bits per heavy atom. The predicted molar refractivity (Wildman–Crippen MR) is 45.9 cm³/mol. The molecular weight excluding hydrogens is 192 g/mol. The van der Waals surface area contributed by atoms with Gasteiger partial charge in [0.2, 0.25) is 0 Å². The van der Waals surface area contributed by atoms with Gasteiger partial charge >= 0.3 is 0 Å². The van der Waals surface area contributed by atoms with Gasteiger partial charge in [0.15, 0.2) is 6.29 Å². The molecule has 0 unspecified atom stereocenters. The predicted octanol–water partition coefficient (Wildman–Crippen LogP) is 2.15. The number of halogens is 2. The van der Waals surface area contributed by atoms with E-state index in [0.717, 1.165) is 6.20 Å². The summed E-state index contributed by atoms with van der Waals surface area (Å²) in [4.78, 5) is 14.0. The van der Waals surface area contributed by atoms with Gasteiger partial charge in [-0.3, -0.25) is 9.78 Å². The highest BCUT2D eigenvalue weighted by Gasteiger charge is 2.17. The molecule has 0 saturated heterocycles. The Morgan fingerprint density at radius 3 is 2.64 bits per heavy atom. The van der Waals surface area contributed by atoms with E-state index < -0.39 is 6.43 Å². The molecule has 14 heavy (non-hydrogen) atoms. The van der Waals surface area contributed by atoms with Crippen LogP contribution in [0.2, 0.25) is 0 Å². The topological polar surface area (TPSA) is 39.2 Å². The van der Waals surface area contributed by atoms with Gasteiger partial charge in [0, 0.05) is 11.8 Å². The van der Waals surface area contributed by atoms with Gasteiger partial charge in [-0.05, 0) is 6.92 Å². The molecule has 0 aromatic carbocycles. The molecule has 1 aromatic heterocycles. The number of hydrogen-bond donors (Lipinski definition) is 0. The van der Waals surface area contributed by atoms with Gasteiger partial charge in [-0.2, -0.15) is 0 Å². The van der Waals surface area contributed by atoms with E-state index >= 15 is 0 Å². The van der Waals surface area contributed by atoms with Gasteiger partial charge in [0.1, 0.15) is 11.4 Å². The zero-order chi connectivity index (χ0) is 10.7. The number of hydrogen-bond acceptors (Lipinski definition) is 3. The lowest BCUT2D eigenvalue weighted by Crippen LogP contribution is -2.01. The maximum absolute atomic E-state index is 12.4. The summed E-state index contributed by atoms with van der Waals surface area (Å²) in [5.74, 6) is 0.158. The van der Waals surface area contributed by atoms with Crippen molar-refractivity contribution >= 4 is 6.29 Å². The fraction of sp³-hybridized carbons (Fsp3) is 0.333. The highest BCUT2D eigenvalue weighted by atomic mass is 19.3. The molecule has 1 rings (SSSR count). The first kappa shape index (κ1) is 10.6. The third-order valence-corrected chi connectivity index (χ3v) is 1.87. The summed E-state index contributed by atoms with van der Waals surface area (Å²) >= 11 is 0. The second-order valence-electron chi connectivity index (χ2n) is 2.68. The van der Waals surface area contributed by atoms with Crippen molar-refractivity contribution in [2.45, 2.75) is 13.3 Å². The summed E-state index contributed by atoms with van der Waals surface area (Å²) in [5, 5.41) is 0. The number of alkyl halides is 2. The minimum atomic E-state index is -2.66. The van der Waals surface area contributed by atoms with Gasteiger partial charge in [-0.1, -0.05) is 0 Å². The van der Waals surface area contributed by atoms with Crippen LogP contribution in [-0.2, 0) is 0 Å². The van der Waals surface area contributed by atoms with Gasteiger partial charge in [-0.15, -0.1) is 0 Å². The summed E-state index contributed by atoms with van der Waals surface area (Å²) in [6, 6.07) is 0. The van der Waals surface area contributed by atoms with Crippen molar-refractivity contribution in [1.29, 1.82) is 0 Å². The van der Waals surface area contributed by atoms with Crippen LogP contribution in [0.4, 0.5) is 8.78 Å². The third kappa shape index (κ3) is 1.71. The van der Waals surface area contributed by atoms with Crippen LogP contribution >= 0.6 is 0 Å². The molecule has 0 spiro atoms. The van der Waals surface area contributed by atoms with Crippen LogP contribution < -0.4 is 4.74 Å². The number of pyridine rings is 1. The highest BCUT2D eigenvalue weighted by Crippen LogP contribution is 2.29. The van der Waals surface area contributed by atoms with E-state index in [0.29, 0.717) is 6.29 Å². The second kappa shape index (κ2) is 4.13. The van der Waals surface area contributed by atoms with Gasteiger partial charge in [0.05, 0.1) is 12.7 Å². The number of aromatic nitrogens is 1. The third-order valence-electron chi connectivity index (χ3n) is 1.87. The van der Waals surface area contributed by atoms with Crippen LogP contribution in [0.1, 0.15) is 28.0 Å². The van der Waals surface area contributed by atoms with E-state index in [4.69, 9.17) is 4.74 Å². The van der Waals surface area contributed by atoms with Crippen LogP contribution in [0.25, 0.3) is 0 Å². The van der Waals surface area contributed by atoms with Crippen LogP contribution in [-0.4, -0.2) is 18.4 Å². The Balaban J connectivity index is 3.34. The summed E-state index contributed by atoms with van der Waals surface area (Å²) in [6.07, 6.45) is -1.06. The zero-order valence-electron chi connectivity index (χ0n) is 7.75. The Bertz CT molecular complexity index is 353. The molecule has 0 bridgehead atoms. The van der Waals surface area contributed by atoms with Crippen molar-refractivity contribution < 1.29 is 18.3 Å². The van der Waals surface area contributed by atoms with Crippen molar-refractivity contribution in [3.8, 4) is 5.75 Å². The Morgan fingerprint density at radius 2 is 2.21 bits per heavy atom. The zero-order valence-corrected chi connectivity index (χ0v) is 7.75. The van der Waals surface area contributed by atoms with Gasteiger partial charge in [-0.25, -0.2) is 8.78 Å². The van der Waals surface area contributed by atoms with Crippen molar-refractivity contribution in [3.05, 3.63) is 23.0 Å². The van der Waals surface area contributed by atoms with Crippen molar-refractivity contribution in [2.75, 3.05) is 7.11 Å². The fourth-order valence-electron chi connectivity index (χ4n) is 1.20. The Labute approximate surface area is 79.7 Å². The molecule has 0 amide bonds. The first-order valence-corrected chi connectivity index (χ1v) is 3.88. The lowest BCUT2D eigenvalue weighted by Gasteiger charge is -2.10. The standard InChI is InChI=1S/C9H9F2NO2/c1-5-7(9(10)11)12-3-6(4-13)8(5)14-2/h3-4,9H,1-2H3. The van der Waals surface area contributed by atoms with Gasteiger partial charge in [0.25, 0.3) is 6.43 Å². The first-order valence-electron chi connectivity index (χ1n) is 3.88. The fourth-order valence-corrected chi connectivity index (χ4v) is 1.20. The Hall–Kier alpha value is -1.52. The van der Waals surface area contributed by atoms with E-state index in [1.807, 2.05) is 0 Å². The number of ether oxygens (including phenoxy) is 1. The van der Waals surface area contributed by atoms with E-state index in [1.54, 1.807) is 0 Å². The van der Waals surface area contributed by atoms with Gasteiger partial charge < -0.3 is 4.74 Å². The summed E-state index contributed by atoms with van der Waals surface area (Å²) in [6.45, 7) is 1.44. The van der Waals surface area contributed by atoms with E-state index in [2.05, 4.69) is 4.98 Å². The number of carbonyl (C=O) groups excluding carboxylic acids is 1. The largest absolute Gasteiger partial charge is 0.496 e. The molecule has 0 atom stereocenters. The lowest BCUT2D eigenvalue weighted by atomic mass is 10.1. The highest BCUT2D eigenvalue weighted by molar-refractivity contribution is 5.79. The van der Waals surface area contributed by atoms with E-state index in [9.17, 15) is 13.6 Å². The first-order chi connectivity index (χ1) is 6.61. The number of rotatable bonds is 3. The van der Waals surface area contributed by atoms with E-state index in [-0.39, 0.29) is 22.6 Å². The molecule has 0 fully saturated rings. The van der Waals surface area contributed by atoms with Crippen LogP contribution in [0.15, 0.2) is 6.20 Å². The van der Waals surface area contributed by atoms with Crippen molar-refractivity contribution in [1.82, 2.24) is 4.98 Å². The summed E-state index contributed by atoms with van der Waals surface area (Å²) in [5.41, 5.74) is 0.0222. The minimum absolute atomic E-state index is 0.158. The van der Waals surface area contributed by atoms with Crippen LogP contribution in [0.3, 0.4) is 0 Å². The molecule has 3 nitrogen and oxygen atoms in total. The summed E-state index contributed by atoms with van der Waals surface area (Å²) < 4.78 is 29.6. The molecular formula is C9H9F2NO2. The molecule has 0 aliphatic rings. The molecule has 0 aliphatic carbocycles. The number of methoxy groups -OCH3 is 1. The monoisotopic (exact) mass is 201 g/mol. The molecule has 0 saturated carbocycles. The molecule has 1 aromatic rings. The smallest absolute Gasteiger partial charge is 0.280 e. The molecule has 5 heteroatoms. The lowest BCUT2D eigenvalue weighted by molar-refractivity contribution is 0.111. The molecule has 0 radical (unpaired) electrons. The van der Waals surface area contributed by atoms with Crippen LogP contribution in [0, 0.1) is 6.92 Å². The van der Waals surface area contributed by atoms with Crippen LogP contribution in [0.5, 0.6) is 5.75 Å². The molecule has 76 valence electrons. The average molecular weight is 201 g/mol. The maximum atomic E-state index is 12.4. The average Bonchev–Trinajstić information content (AvgIpc) is 2.16. The number of aldehydes is 1. The maximum Gasteiger partial charge on any atom is 0.280 e. The molecule has 0 aliphatic heterocycles.